The number of benzene rings is 2. The number of nitrogens with zero attached hydrogens (tertiary/aromatic N) is 1. The smallest absolute Gasteiger partial charge is 0.480 e. The van der Waals surface area contributed by atoms with Crippen molar-refractivity contribution in [2.75, 3.05) is 6.54 Å². The van der Waals surface area contributed by atoms with Gasteiger partial charge in [0.25, 0.3) is 5.91 Å². The third kappa shape index (κ3) is 10.4. The molecule has 1 amide bonds. The van der Waals surface area contributed by atoms with E-state index in [1.54, 1.807) is 38.1 Å². The Hall–Kier alpha value is -4.48. The summed E-state index contributed by atoms with van der Waals surface area (Å²) >= 11 is 1.22. The van der Waals surface area contributed by atoms with E-state index in [1.807, 2.05) is 31.2 Å². The number of alkyl halides is 3. The zero-order valence-corrected chi connectivity index (χ0v) is 25.2. The summed E-state index contributed by atoms with van der Waals surface area (Å²) in [5.74, 6) is -4.68. The van der Waals surface area contributed by atoms with Gasteiger partial charge in [-0.25, -0.2) is 18.2 Å². The van der Waals surface area contributed by atoms with Crippen LogP contribution in [0, 0.1) is 20.8 Å². The van der Waals surface area contributed by atoms with Crippen molar-refractivity contribution in [1.82, 2.24) is 10.0 Å². The van der Waals surface area contributed by atoms with Gasteiger partial charge in [-0.1, -0.05) is 35.9 Å². The first kappa shape index (κ1) is 35.7. The van der Waals surface area contributed by atoms with Gasteiger partial charge in [-0.05, 0) is 61.2 Å². The summed E-state index contributed by atoms with van der Waals surface area (Å²) < 4.78 is 59.9. The summed E-state index contributed by atoms with van der Waals surface area (Å²) in [5, 5.41) is 19.3. The van der Waals surface area contributed by atoms with E-state index < -0.39 is 46.6 Å². The molecule has 0 fully saturated rings. The molecule has 0 spiro atoms. The first-order valence-corrected chi connectivity index (χ1v) is 14.8. The highest BCUT2D eigenvalue weighted by Crippen LogP contribution is 2.29. The zero-order chi connectivity index (χ0) is 33.4. The van der Waals surface area contributed by atoms with Crippen molar-refractivity contribution in [3.05, 3.63) is 75.7 Å². The highest BCUT2D eigenvalue weighted by atomic mass is 32.2. The number of amides is 1. The average molecular weight is 658 g/mol. The molecule has 0 aliphatic carbocycles. The number of sulfonamides is 1. The Bertz CT molecular complexity index is 1640. The fourth-order valence-electron chi connectivity index (χ4n) is 3.92. The minimum atomic E-state index is -5.08. The van der Waals surface area contributed by atoms with E-state index in [1.165, 1.54) is 11.3 Å². The maximum absolute atomic E-state index is 13.0. The first-order chi connectivity index (χ1) is 20.3. The van der Waals surface area contributed by atoms with E-state index in [9.17, 15) is 36.3 Å². The van der Waals surface area contributed by atoms with Gasteiger partial charge in [0.05, 0.1) is 16.3 Å². The second-order valence-electron chi connectivity index (χ2n) is 9.36. The molecule has 44 heavy (non-hydrogen) atoms. The average Bonchev–Trinajstić information content (AvgIpc) is 3.39. The largest absolute Gasteiger partial charge is 0.490 e. The number of aryl methyl sites for hydroxylation is 3. The van der Waals surface area contributed by atoms with Crippen LogP contribution in [0.15, 0.2) is 58.4 Å². The molecular weight excluding hydrogens is 627 g/mol. The number of thiophene rings is 1. The van der Waals surface area contributed by atoms with E-state index in [2.05, 4.69) is 15.0 Å². The molecule has 2 aromatic carbocycles. The number of halogens is 3. The van der Waals surface area contributed by atoms with Gasteiger partial charge >= 0.3 is 18.1 Å². The van der Waals surface area contributed by atoms with Crippen LogP contribution in [0.3, 0.4) is 0 Å². The monoisotopic (exact) mass is 657 g/mol. The van der Waals surface area contributed by atoms with Crippen molar-refractivity contribution < 1.29 is 46.2 Å². The van der Waals surface area contributed by atoms with Crippen LogP contribution in [0.4, 0.5) is 13.2 Å². The van der Waals surface area contributed by atoms with Gasteiger partial charge in [-0.15, -0.1) is 11.3 Å². The van der Waals surface area contributed by atoms with E-state index in [4.69, 9.17) is 21.4 Å². The molecule has 0 aliphatic heterocycles. The van der Waals surface area contributed by atoms with Crippen LogP contribution in [-0.4, -0.2) is 61.2 Å². The molecule has 238 valence electrons. The number of aliphatic carboxylic acids is 2. The number of nitrogens with two attached hydrogens (primary N) is 2. The second-order valence-corrected chi connectivity index (χ2v) is 12.1. The lowest BCUT2D eigenvalue weighted by Gasteiger charge is -2.18. The Morgan fingerprint density at radius 1 is 1.00 bits per heavy atom. The molecule has 0 unspecified atom stereocenters. The van der Waals surface area contributed by atoms with Crippen molar-refractivity contribution in [1.29, 1.82) is 0 Å². The van der Waals surface area contributed by atoms with Gasteiger partial charge in [0.15, 0.2) is 5.96 Å². The van der Waals surface area contributed by atoms with Gasteiger partial charge in [0.1, 0.15) is 6.04 Å². The molecule has 8 N–H and O–H groups in total. The molecule has 1 heterocycles. The molecule has 3 aromatic rings. The summed E-state index contributed by atoms with van der Waals surface area (Å²) in [7, 11) is -4.15. The van der Waals surface area contributed by atoms with Gasteiger partial charge in [0.2, 0.25) is 10.0 Å². The predicted octanol–water partition coefficient (Wildman–Crippen LogP) is 2.91. The van der Waals surface area contributed by atoms with Crippen molar-refractivity contribution in [2.45, 2.75) is 44.4 Å². The van der Waals surface area contributed by atoms with Gasteiger partial charge in [-0.2, -0.15) is 17.9 Å². The summed E-state index contributed by atoms with van der Waals surface area (Å²) in [5.41, 5.74) is 14.4. The van der Waals surface area contributed by atoms with Gasteiger partial charge in [-0.3, -0.25) is 9.59 Å². The zero-order valence-electron chi connectivity index (χ0n) is 23.6. The SMILES string of the molecule is Cc1cc(C)c(S(=O)(=O)N[C@@H](CNC(=O)c2ccc(-c3cccc(CN=C(N)N)c3)s2)C(=O)O)c(C)c1.O=C(O)C(F)(F)F. The Morgan fingerprint density at radius 3 is 2.11 bits per heavy atom. The van der Waals surface area contributed by atoms with Crippen molar-refractivity contribution in [3.8, 4) is 10.4 Å². The number of carboxylic acid groups (broad SMARTS) is 2. The number of hydrogen-bond donors (Lipinski definition) is 6. The standard InChI is InChI=1S/C25H29N5O5S2.C2HF3O2/c1-14-9-15(2)22(16(3)10-14)37(34,35)30-19(24(32)33)13-28-23(31)21-8-7-20(36-21)18-6-4-5-17(11-18)12-29-25(26)27;3-2(4,5)1(6)7/h4-11,19,30H,12-13H2,1-3H3,(H,28,31)(H,32,33)(H4,26,27,29);(H,6,7)/t19-;/m0./s1. The lowest BCUT2D eigenvalue weighted by Crippen LogP contribution is -2.48. The Kier molecular flexibility index (Phi) is 12.0. The topological polar surface area (TPSA) is 214 Å². The Labute approximate surface area is 254 Å². The van der Waals surface area contributed by atoms with E-state index in [0.717, 1.165) is 21.6 Å². The number of hydrogen-bond acceptors (Lipinski definition) is 7. The van der Waals surface area contributed by atoms with Crippen molar-refractivity contribution in [2.24, 2.45) is 16.5 Å². The van der Waals surface area contributed by atoms with Crippen molar-refractivity contribution in [3.63, 3.8) is 0 Å². The predicted molar refractivity (Wildman–Crippen MR) is 158 cm³/mol. The molecule has 0 saturated carbocycles. The summed E-state index contributed by atoms with van der Waals surface area (Å²) in [6, 6.07) is 12.8. The number of carboxylic acids is 2. The van der Waals surface area contributed by atoms with Gasteiger partial charge in [0, 0.05) is 11.4 Å². The van der Waals surface area contributed by atoms with Gasteiger partial charge < -0.3 is 27.0 Å². The molecule has 0 saturated heterocycles. The Balaban J connectivity index is 0.000000860. The number of aliphatic imine (C=N–C) groups is 1. The van der Waals surface area contributed by atoms with Crippen LogP contribution >= 0.6 is 11.3 Å². The normalized spacial score (nSPS) is 12.0. The lowest BCUT2D eigenvalue weighted by molar-refractivity contribution is -0.192. The third-order valence-corrected chi connectivity index (χ3v) is 8.57. The van der Waals surface area contributed by atoms with Crippen LogP contribution in [0.2, 0.25) is 0 Å². The molecule has 17 heteroatoms. The molecule has 0 bridgehead atoms. The maximum atomic E-state index is 13.0. The molecule has 1 aromatic heterocycles. The number of rotatable bonds is 10. The number of carbonyl (C=O) groups excluding carboxylic acids is 1. The van der Waals surface area contributed by atoms with E-state index >= 15 is 0 Å². The summed E-state index contributed by atoms with van der Waals surface area (Å²) in [6.45, 7) is 5.04. The van der Waals surface area contributed by atoms with Crippen molar-refractivity contribution >= 4 is 45.2 Å². The minimum Gasteiger partial charge on any atom is -0.480 e. The first-order valence-electron chi connectivity index (χ1n) is 12.5. The molecule has 1 atom stereocenters. The Morgan fingerprint density at radius 2 is 1.59 bits per heavy atom. The number of carbonyl (C=O) groups is 3. The highest BCUT2D eigenvalue weighted by molar-refractivity contribution is 7.89. The summed E-state index contributed by atoms with van der Waals surface area (Å²) in [4.78, 5) is 38.6. The second kappa shape index (κ2) is 14.8. The molecule has 0 radical (unpaired) electrons. The lowest BCUT2D eigenvalue weighted by atomic mass is 10.1. The quantitative estimate of drug-likeness (QED) is 0.139. The molecular formula is C27H30F3N5O7S2. The van der Waals surface area contributed by atoms with Crippen LogP contribution in [0.1, 0.15) is 31.9 Å². The van der Waals surface area contributed by atoms with E-state index in [-0.39, 0.29) is 10.9 Å². The van der Waals surface area contributed by atoms with E-state index in [0.29, 0.717) is 22.5 Å². The molecule has 3 rings (SSSR count). The number of guanidine groups is 1. The fraction of sp³-hybridized carbons (Fsp3) is 0.259. The number of nitrogens with one attached hydrogen (secondary N) is 2. The van der Waals surface area contributed by atoms with Crippen LogP contribution in [0.5, 0.6) is 0 Å². The molecule has 0 aliphatic rings. The maximum Gasteiger partial charge on any atom is 0.490 e. The fourth-order valence-corrected chi connectivity index (χ4v) is 6.48. The van der Waals surface area contributed by atoms with Crippen LogP contribution in [-0.2, 0) is 26.2 Å². The van der Waals surface area contributed by atoms with Crippen LogP contribution < -0.4 is 21.5 Å². The highest BCUT2D eigenvalue weighted by Gasteiger charge is 2.38. The third-order valence-electron chi connectivity index (χ3n) is 5.66. The summed E-state index contributed by atoms with van der Waals surface area (Å²) in [6.07, 6.45) is -5.08. The minimum absolute atomic E-state index is 0.00780. The van der Waals surface area contributed by atoms with Crippen LogP contribution in [0.25, 0.3) is 10.4 Å². The molecule has 12 nitrogen and oxygen atoms in total.